The summed E-state index contributed by atoms with van der Waals surface area (Å²) < 4.78 is 1.48. The number of hydrogen-bond acceptors (Lipinski definition) is 4. The average molecular weight is 277 g/mol. The molecule has 2 heterocycles. The van der Waals surface area contributed by atoms with Crippen molar-refractivity contribution >= 4 is 22.6 Å². The maximum absolute atomic E-state index is 12.4. The van der Waals surface area contributed by atoms with Gasteiger partial charge in [0.25, 0.3) is 5.91 Å². The van der Waals surface area contributed by atoms with Gasteiger partial charge < -0.3 is 5.32 Å². The van der Waals surface area contributed by atoms with E-state index in [1.807, 2.05) is 30.3 Å². The van der Waals surface area contributed by atoms with Gasteiger partial charge in [0.2, 0.25) is 0 Å². The van der Waals surface area contributed by atoms with Crippen LogP contribution < -0.4 is 5.32 Å². The monoisotopic (exact) mass is 277 g/mol. The number of para-hydroxylation sites is 1. The van der Waals surface area contributed by atoms with Gasteiger partial charge in [-0.2, -0.15) is 10.4 Å². The van der Waals surface area contributed by atoms with Crippen molar-refractivity contribution in [2.24, 2.45) is 7.05 Å². The molecule has 0 unspecified atom stereocenters. The Morgan fingerprint density at radius 2 is 2.14 bits per heavy atom. The first-order chi connectivity index (χ1) is 10.2. The minimum atomic E-state index is -0.316. The lowest BCUT2D eigenvalue weighted by Crippen LogP contribution is -2.14. The molecule has 3 aromatic rings. The maximum Gasteiger partial charge on any atom is 0.257 e. The molecule has 1 amide bonds. The van der Waals surface area contributed by atoms with Crippen LogP contribution in [0.1, 0.15) is 15.9 Å². The minimum absolute atomic E-state index is 0.255. The highest BCUT2D eigenvalue weighted by atomic mass is 16.1. The molecule has 0 bridgehead atoms. The quantitative estimate of drug-likeness (QED) is 0.777. The van der Waals surface area contributed by atoms with Crippen molar-refractivity contribution in [1.82, 2.24) is 14.8 Å². The zero-order chi connectivity index (χ0) is 14.8. The molecular formula is C15H11N5O. The second kappa shape index (κ2) is 5.06. The number of nitrogens with zero attached hydrogens (tertiary/aromatic N) is 4. The molecule has 0 fully saturated rings. The predicted molar refractivity (Wildman–Crippen MR) is 77.6 cm³/mol. The Labute approximate surface area is 120 Å². The van der Waals surface area contributed by atoms with Gasteiger partial charge in [0, 0.05) is 24.8 Å². The summed E-state index contributed by atoms with van der Waals surface area (Å²) in [5.74, 6) is -0.0605. The zero-order valence-electron chi connectivity index (χ0n) is 11.2. The predicted octanol–water partition coefficient (Wildman–Crippen LogP) is 2.09. The molecule has 0 radical (unpaired) electrons. The van der Waals surface area contributed by atoms with Crippen molar-refractivity contribution in [2.45, 2.75) is 0 Å². The molecule has 0 saturated carbocycles. The first-order valence-corrected chi connectivity index (χ1v) is 6.28. The molecule has 1 N–H and O–H groups in total. The fourth-order valence-corrected chi connectivity index (χ4v) is 2.13. The Morgan fingerprint density at radius 3 is 2.95 bits per heavy atom. The van der Waals surface area contributed by atoms with Crippen molar-refractivity contribution in [3.05, 3.63) is 53.9 Å². The molecule has 0 spiro atoms. The van der Waals surface area contributed by atoms with Crippen LogP contribution in [0.25, 0.3) is 10.9 Å². The summed E-state index contributed by atoms with van der Waals surface area (Å²) in [6.45, 7) is 0. The number of nitrogens with one attached hydrogen (secondary N) is 1. The molecule has 3 rings (SSSR count). The van der Waals surface area contributed by atoms with E-state index in [4.69, 9.17) is 5.26 Å². The van der Waals surface area contributed by atoms with Gasteiger partial charge in [-0.25, -0.2) is 0 Å². The molecular weight excluding hydrogens is 266 g/mol. The SMILES string of the molecule is Cn1cc(C#N)c(NC(=O)c2ccnc3ccccc23)n1. The average Bonchev–Trinajstić information content (AvgIpc) is 2.86. The van der Waals surface area contributed by atoms with Crippen LogP contribution >= 0.6 is 0 Å². The molecule has 6 nitrogen and oxygen atoms in total. The number of amides is 1. The van der Waals surface area contributed by atoms with Crippen molar-refractivity contribution in [1.29, 1.82) is 5.26 Å². The van der Waals surface area contributed by atoms with Gasteiger partial charge in [-0.05, 0) is 12.1 Å². The van der Waals surface area contributed by atoms with Crippen LogP contribution in [0, 0.1) is 11.3 Å². The van der Waals surface area contributed by atoms with Crippen LogP contribution in [0.3, 0.4) is 0 Å². The smallest absolute Gasteiger partial charge is 0.257 e. The number of benzene rings is 1. The van der Waals surface area contributed by atoms with Crippen LogP contribution in [-0.2, 0) is 7.05 Å². The molecule has 0 saturated heterocycles. The number of aromatic nitrogens is 3. The van der Waals surface area contributed by atoms with E-state index >= 15 is 0 Å². The Kier molecular flexibility index (Phi) is 3.09. The number of nitriles is 1. The number of fused-ring (bicyclic) bond motifs is 1. The standard InChI is InChI=1S/C15H11N5O/c1-20-9-10(8-16)14(19-20)18-15(21)12-6-7-17-13-5-3-2-4-11(12)13/h2-7,9H,1H3,(H,18,19,21). The van der Waals surface area contributed by atoms with E-state index in [1.54, 1.807) is 25.5 Å². The molecule has 0 aliphatic heterocycles. The van der Waals surface area contributed by atoms with Gasteiger partial charge in [0.1, 0.15) is 11.6 Å². The summed E-state index contributed by atoms with van der Waals surface area (Å²) in [5.41, 5.74) is 1.56. The summed E-state index contributed by atoms with van der Waals surface area (Å²) in [6, 6.07) is 11.0. The number of aryl methyl sites for hydroxylation is 1. The third kappa shape index (κ3) is 2.32. The summed E-state index contributed by atoms with van der Waals surface area (Å²) in [6.07, 6.45) is 3.14. The fourth-order valence-electron chi connectivity index (χ4n) is 2.13. The summed E-state index contributed by atoms with van der Waals surface area (Å²) >= 11 is 0. The van der Waals surface area contributed by atoms with Gasteiger partial charge in [0.05, 0.1) is 11.1 Å². The topological polar surface area (TPSA) is 83.6 Å². The summed E-state index contributed by atoms with van der Waals surface area (Å²) in [4.78, 5) is 16.6. The Morgan fingerprint density at radius 1 is 1.33 bits per heavy atom. The van der Waals surface area contributed by atoms with E-state index in [0.717, 1.165) is 10.9 Å². The molecule has 0 atom stereocenters. The van der Waals surface area contributed by atoms with E-state index in [9.17, 15) is 4.79 Å². The first-order valence-electron chi connectivity index (χ1n) is 6.28. The van der Waals surface area contributed by atoms with Gasteiger partial charge in [-0.1, -0.05) is 18.2 Å². The van der Waals surface area contributed by atoms with Gasteiger partial charge >= 0.3 is 0 Å². The highest BCUT2D eigenvalue weighted by Gasteiger charge is 2.14. The third-order valence-electron chi connectivity index (χ3n) is 3.07. The van der Waals surface area contributed by atoms with Crippen LogP contribution in [0.5, 0.6) is 0 Å². The van der Waals surface area contributed by atoms with Crippen molar-refractivity contribution in [2.75, 3.05) is 5.32 Å². The second-order valence-electron chi connectivity index (χ2n) is 4.51. The lowest BCUT2D eigenvalue weighted by Gasteiger charge is -2.05. The number of anilines is 1. The molecule has 102 valence electrons. The van der Waals surface area contributed by atoms with E-state index in [1.165, 1.54) is 4.68 Å². The highest BCUT2D eigenvalue weighted by Crippen LogP contribution is 2.18. The molecule has 0 aliphatic rings. The number of rotatable bonds is 2. The number of carbonyl (C=O) groups is 1. The van der Waals surface area contributed by atoms with Gasteiger partial charge in [-0.15, -0.1) is 0 Å². The molecule has 2 aromatic heterocycles. The van der Waals surface area contributed by atoms with E-state index < -0.39 is 0 Å². The number of pyridine rings is 1. The molecule has 6 heteroatoms. The Balaban J connectivity index is 2.00. The second-order valence-corrected chi connectivity index (χ2v) is 4.51. The van der Waals surface area contributed by atoms with Gasteiger partial charge in [0.15, 0.2) is 5.82 Å². The third-order valence-corrected chi connectivity index (χ3v) is 3.07. The van der Waals surface area contributed by atoms with Crippen LogP contribution in [-0.4, -0.2) is 20.7 Å². The van der Waals surface area contributed by atoms with Crippen LogP contribution in [0.4, 0.5) is 5.82 Å². The van der Waals surface area contributed by atoms with Gasteiger partial charge in [-0.3, -0.25) is 14.5 Å². The lowest BCUT2D eigenvalue weighted by atomic mass is 10.1. The molecule has 0 aliphatic carbocycles. The van der Waals surface area contributed by atoms with E-state index in [2.05, 4.69) is 15.4 Å². The van der Waals surface area contributed by atoms with E-state index in [0.29, 0.717) is 11.1 Å². The first kappa shape index (κ1) is 12.8. The van der Waals surface area contributed by atoms with E-state index in [-0.39, 0.29) is 11.7 Å². The normalized spacial score (nSPS) is 10.3. The number of hydrogen-bond donors (Lipinski definition) is 1. The minimum Gasteiger partial charge on any atom is -0.304 e. The zero-order valence-corrected chi connectivity index (χ0v) is 11.2. The van der Waals surface area contributed by atoms with Crippen LogP contribution in [0.15, 0.2) is 42.7 Å². The van der Waals surface area contributed by atoms with Crippen molar-refractivity contribution < 1.29 is 4.79 Å². The Bertz CT molecular complexity index is 870. The Hall–Kier alpha value is -3.20. The van der Waals surface area contributed by atoms with Crippen molar-refractivity contribution in [3.8, 4) is 6.07 Å². The van der Waals surface area contributed by atoms with Crippen molar-refractivity contribution in [3.63, 3.8) is 0 Å². The summed E-state index contributed by atoms with van der Waals surface area (Å²) in [7, 11) is 1.69. The highest BCUT2D eigenvalue weighted by molar-refractivity contribution is 6.12. The molecule has 1 aromatic carbocycles. The summed E-state index contributed by atoms with van der Waals surface area (Å²) in [5, 5.41) is 16.5. The van der Waals surface area contributed by atoms with Crippen LogP contribution in [0.2, 0.25) is 0 Å². The molecule has 21 heavy (non-hydrogen) atoms. The largest absolute Gasteiger partial charge is 0.304 e. The lowest BCUT2D eigenvalue weighted by molar-refractivity contribution is 0.102. The fraction of sp³-hybridized carbons (Fsp3) is 0.0667. The maximum atomic E-state index is 12.4. The number of carbonyl (C=O) groups excluding carboxylic acids is 1.